The molecule has 3 rings (SSSR count). The molecule has 104 valence electrons. The van der Waals surface area contributed by atoms with E-state index in [-0.39, 0.29) is 6.10 Å². The van der Waals surface area contributed by atoms with Gasteiger partial charge < -0.3 is 24.3 Å². The highest BCUT2D eigenvalue weighted by atomic mass is 79.9. The van der Waals surface area contributed by atoms with Gasteiger partial charge in [0.2, 0.25) is 0 Å². The lowest BCUT2D eigenvalue weighted by atomic mass is 10.1. The van der Waals surface area contributed by atoms with Crippen LogP contribution in [0.1, 0.15) is 11.7 Å². The van der Waals surface area contributed by atoms with E-state index in [2.05, 4.69) is 21.2 Å². The van der Waals surface area contributed by atoms with Crippen LogP contribution < -0.4 is 19.5 Å². The maximum absolute atomic E-state index is 5.79. The van der Waals surface area contributed by atoms with E-state index in [1.165, 1.54) is 0 Å². The zero-order chi connectivity index (χ0) is 13.2. The van der Waals surface area contributed by atoms with Gasteiger partial charge in [0.15, 0.2) is 11.5 Å². The van der Waals surface area contributed by atoms with Crippen molar-refractivity contribution in [1.82, 2.24) is 5.32 Å². The van der Waals surface area contributed by atoms with Crippen LogP contribution in [0, 0.1) is 0 Å². The van der Waals surface area contributed by atoms with Crippen molar-refractivity contribution in [3.8, 4) is 17.2 Å². The first-order chi connectivity index (χ1) is 9.31. The number of fused-ring (bicyclic) bond motifs is 1. The molecule has 2 heterocycles. The van der Waals surface area contributed by atoms with Gasteiger partial charge in [-0.15, -0.1) is 0 Å². The first-order valence-electron chi connectivity index (χ1n) is 6.29. The lowest BCUT2D eigenvalue weighted by Crippen LogP contribution is -2.33. The van der Waals surface area contributed by atoms with Crippen molar-refractivity contribution >= 4 is 15.9 Å². The van der Waals surface area contributed by atoms with Crippen molar-refractivity contribution < 1.29 is 18.9 Å². The molecule has 5 nitrogen and oxygen atoms in total. The molecule has 1 aromatic carbocycles. The normalized spacial score (nSPS) is 22.1. The maximum atomic E-state index is 5.79. The summed E-state index contributed by atoms with van der Waals surface area (Å²) in [4.78, 5) is 0. The Labute approximate surface area is 120 Å². The van der Waals surface area contributed by atoms with Gasteiger partial charge in [-0.25, -0.2) is 0 Å². The van der Waals surface area contributed by atoms with Crippen LogP contribution in [0.25, 0.3) is 0 Å². The van der Waals surface area contributed by atoms with Crippen LogP contribution in [-0.2, 0) is 4.74 Å². The maximum Gasteiger partial charge on any atom is 0.179 e. The Hall–Kier alpha value is -0.980. The molecule has 0 spiro atoms. The summed E-state index contributed by atoms with van der Waals surface area (Å²) in [6.45, 7) is 3.46. The highest BCUT2D eigenvalue weighted by molar-refractivity contribution is 9.10. The van der Waals surface area contributed by atoms with Crippen LogP contribution >= 0.6 is 15.9 Å². The smallest absolute Gasteiger partial charge is 0.179 e. The van der Waals surface area contributed by atoms with Gasteiger partial charge >= 0.3 is 0 Å². The number of hydrogen-bond acceptors (Lipinski definition) is 5. The summed E-state index contributed by atoms with van der Waals surface area (Å²) in [6.07, 6.45) is -0.0316. The van der Waals surface area contributed by atoms with Gasteiger partial charge in [-0.3, -0.25) is 0 Å². The second-order valence-corrected chi connectivity index (χ2v) is 5.19. The Bertz CT molecular complexity index is 474. The molecular weight excluding hydrogens is 314 g/mol. The fraction of sp³-hybridized carbons (Fsp3) is 0.538. The SMILES string of the molecule is COc1c(C2CNCCO2)cc2c(c1Br)OCCO2. The summed E-state index contributed by atoms with van der Waals surface area (Å²) in [5, 5.41) is 3.32. The molecule has 0 aromatic heterocycles. The molecule has 1 atom stereocenters. The van der Waals surface area contributed by atoms with E-state index in [1.54, 1.807) is 7.11 Å². The van der Waals surface area contributed by atoms with Crippen molar-refractivity contribution in [3.63, 3.8) is 0 Å². The summed E-state index contributed by atoms with van der Waals surface area (Å²) in [7, 11) is 1.65. The molecule has 1 saturated heterocycles. The fourth-order valence-electron chi connectivity index (χ4n) is 2.36. The van der Waals surface area contributed by atoms with Gasteiger partial charge in [0.1, 0.15) is 23.4 Å². The number of methoxy groups -OCH3 is 1. The minimum Gasteiger partial charge on any atom is -0.495 e. The number of ether oxygens (including phenoxy) is 4. The van der Waals surface area contributed by atoms with Crippen LogP contribution in [0.4, 0.5) is 0 Å². The van der Waals surface area contributed by atoms with E-state index in [4.69, 9.17) is 18.9 Å². The molecule has 1 fully saturated rings. The monoisotopic (exact) mass is 329 g/mol. The molecule has 0 aliphatic carbocycles. The molecule has 0 bridgehead atoms. The molecule has 2 aliphatic heterocycles. The van der Waals surface area contributed by atoms with E-state index in [0.29, 0.717) is 25.6 Å². The quantitative estimate of drug-likeness (QED) is 0.897. The number of hydrogen-bond donors (Lipinski definition) is 1. The summed E-state index contributed by atoms with van der Waals surface area (Å²) in [6, 6.07) is 1.95. The second-order valence-electron chi connectivity index (χ2n) is 4.40. The van der Waals surface area contributed by atoms with E-state index in [9.17, 15) is 0 Å². The van der Waals surface area contributed by atoms with Crippen molar-refractivity contribution in [3.05, 3.63) is 16.1 Å². The Morgan fingerprint density at radius 1 is 1.32 bits per heavy atom. The first kappa shape index (κ1) is 13.0. The summed E-state index contributed by atoms with van der Waals surface area (Å²) >= 11 is 3.54. The lowest BCUT2D eigenvalue weighted by molar-refractivity contribution is 0.0258. The highest BCUT2D eigenvalue weighted by Gasteiger charge is 2.27. The third kappa shape index (κ3) is 2.40. The van der Waals surface area contributed by atoms with E-state index in [0.717, 1.165) is 34.6 Å². The fourth-order valence-corrected chi connectivity index (χ4v) is 3.06. The zero-order valence-corrected chi connectivity index (χ0v) is 12.3. The molecule has 19 heavy (non-hydrogen) atoms. The number of halogens is 1. The summed E-state index contributed by atoms with van der Waals surface area (Å²) < 4.78 is 23.4. The molecule has 1 aromatic rings. The molecule has 0 saturated carbocycles. The summed E-state index contributed by atoms with van der Waals surface area (Å²) in [5.41, 5.74) is 0.978. The van der Waals surface area contributed by atoms with Gasteiger partial charge in [0.05, 0.1) is 19.8 Å². The van der Waals surface area contributed by atoms with Crippen LogP contribution in [0.3, 0.4) is 0 Å². The largest absolute Gasteiger partial charge is 0.495 e. The first-order valence-corrected chi connectivity index (χ1v) is 7.09. The minimum absolute atomic E-state index is 0.0316. The molecule has 1 N–H and O–H groups in total. The van der Waals surface area contributed by atoms with Gasteiger partial charge in [-0.05, 0) is 22.0 Å². The van der Waals surface area contributed by atoms with Crippen LogP contribution in [0.2, 0.25) is 0 Å². The minimum atomic E-state index is -0.0316. The van der Waals surface area contributed by atoms with Crippen LogP contribution in [0.15, 0.2) is 10.5 Å². The van der Waals surface area contributed by atoms with Crippen molar-refractivity contribution in [1.29, 1.82) is 0 Å². The number of benzene rings is 1. The van der Waals surface area contributed by atoms with Crippen LogP contribution in [-0.4, -0.2) is 40.0 Å². The van der Waals surface area contributed by atoms with Crippen molar-refractivity contribution in [2.75, 3.05) is 40.0 Å². The van der Waals surface area contributed by atoms with Gasteiger partial charge in [-0.1, -0.05) is 0 Å². The van der Waals surface area contributed by atoms with Crippen molar-refractivity contribution in [2.45, 2.75) is 6.10 Å². The predicted molar refractivity (Wildman–Crippen MR) is 73.2 cm³/mol. The summed E-state index contributed by atoms with van der Waals surface area (Å²) in [5.74, 6) is 2.19. The van der Waals surface area contributed by atoms with Crippen molar-refractivity contribution in [2.24, 2.45) is 0 Å². The Morgan fingerprint density at radius 3 is 2.89 bits per heavy atom. The van der Waals surface area contributed by atoms with E-state index < -0.39 is 0 Å². The van der Waals surface area contributed by atoms with Gasteiger partial charge in [-0.2, -0.15) is 0 Å². The highest BCUT2D eigenvalue weighted by Crippen LogP contribution is 2.47. The number of rotatable bonds is 2. The molecule has 2 aliphatic rings. The average Bonchev–Trinajstić information content (AvgIpc) is 2.48. The molecular formula is C13H16BrNO4. The number of nitrogens with one attached hydrogen (secondary N) is 1. The third-order valence-corrected chi connectivity index (χ3v) is 3.96. The zero-order valence-electron chi connectivity index (χ0n) is 10.7. The molecule has 6 heteroatoms. The Balaban J connectivity index is 2.04. The topological polar surface area (TPSA) is 49.0 Å². The third-order valence-electron chi connectivity index (χ3n) is 3.24. The van der Waals surface area contributed by atoms with E-state index >= 15 is 0 Å². The molecule has 1 unspecified atom stereocenters. The molecule has 0 amide bonds. The standard InChI is InChI=1S/C13H16BrNO4/c1-16-12-8(10-7-15-2-3-17-10)6-9-13(11(12)14)19-5-4-18-9/h6,10,15H,2-5,7H2,1H3. The average molecular weight is 330 g/mol. The second kappa shape index (κ2) is 5.56. The van der Waals surface area contributed by atoms with Gasteiger partial charge in [0.25, 0.3) is 0 Å². The van der Waals surface area contributed by atoms with Crippen LogP contribution in [0.5, 0.6) is 17.2 Å². The van der Waals surface area contributed by atoms with E-state index in [1.807, 2.05) is 6.07 Å². The lowest BCUT2D eigenvalue weighted by Gasteiger charge is -2.28. The Kier molecular flexibility index (Phi) is 3.81. The Morgan fingerprint density at radius 2 is 2.16 bits per heavy atom. The molecule has 0 radical (unpaired) electrons. The number of morpholine rings is 1. The van der Waals surface area contributed by atoms with Gasteiger partial charge in [0, 0.05) is 18.7 Å². The predicted octanol–water partition coefficient (Wildman–Crippen LogP) is 1.89.